The molecule has 3 aromatic rings. The first-order valence-corrected chi connectivity index (χ1v) is 8.06. The van der Waals surface area contributed by atoms with Crippen LogP contribution in [0.25, 0.3) is 11.0 Å². The number of aromatic nitrogens is 4. The van der Waals surface area contributed by atoms with Gasteiger partial charge in [0, 0.05) is 37.7 Å². The van der Waals surface area contributed by atoms with E-state index in [-0.39, 0.29) is 0 Å². The second-order valence-corrected chi connectivity index (χ2v) is 5.96. The van der Waals surface area contributed by atoms with Gasteiger partial charge in [0.25, 0.3) is 0 Å². The molecule has 0 spiro atoms. The largest absolute Gasteiger partial charge is 0.372 e. The molecule has 1 aromatic carbocycles. The second-order valence-electron chi connectivity index (χ2n) is 5.96. The Bertz CT molecular complexity index is 802. The van der Waals surface area contributed by atoms with Gasteiger partial charge in [-0.05, 0) is 43.5 Å². The van der Waals surface area contributed by atoms with Crippen LogP contribution in [0, 0.1) is 0 Å². The summed E-state index contributed by atoms with van der Waals surface area (Å²) in [6.45, 7) is 2.32. The molecule has 0 aliphatic carbocycles. The first kappa shape index (κ1) is 14.0. The smallest absolute Gasteiger partial charge is 0.229 e. The highest BCUT2D eigenvalue weighted by atomic mass is 15.3. The zero-order valence-electron chi connectivity index (χ0n) is 13.2. The monoisotopic (exact) mass is 308 g/mol. The van der Waals surface area contributed by atoms with E-state index in [1.54, 1.807) is 17.1 Å². The summed E-state index contributed by atoms with van der Waals surface area (Å²) in [4.78, 5) is 11.3. The average Bonchev–Trinajstić information content (AvgIpc) is 2.97. The van der Waals surface area contributed by atoms with Crippen LogP contribution in [0.15, 0.2) is 36.7 Å². The van der Waals surface area contributed by atoms with E-state index in [4.69, 9.17) is 0 Å². The molecular weight excluding hydrogens is 288 g/mol. The van der Waals surface area contributed by atoms with Crippen molar-refractivity contribution in [2.24, 2.45) is 7.05 Å². The van der Waals surface area contributed by atoms with Gasteiger partial charge >= 0.3 is 0 Å². The fourth-order valence-corrected chi connectivity index (χ4v) is 3.03. The van der Waals surface area contributed by atoms with Crippen LogP contribution in [0.5, 0.6) is 0 Å². The zero-order valence-corrected chi connectivity index (χ0v) is 13.2. The molecule has 3 heterocycles. The maximum atomic E-state index is 4.51. The molecule has 0 bridgehead atoms. The van der Waals surface area contributed by atoms with Gasteiger partial charge in [0.15, 0.2) is 5.65 Å². The van der Waals surface area contributed by atoms with Crippen LogP contribution in [0.3, 0.4) is 0 Å². The zero-order chi connectivity index (χ0) is 15.6. The molecule has 1 saturated heterocycles. The standard InChI is InChI=1S/C17H20N6/c1-22-16-13(12-19-22)11-18-17(21-16)20-14-5-7-15(8-6-14)23-9-3-2-4-10-23/h5-8,11-12H,2-4,9-10H2,1H3,(H,18,20,21). The Morgan fingerprint density at radius 3 is 2.57 bits per heavy atom. The molecule has 2 aromatic heterocycles. The molecule has 118 valence electrons. The minimum Gasteiger partial charge on any atom is -0.372 e. The number of aryl methyl sites for hydroxylation is 1. The number of nitrogens with zero attached hydrogens (tertiary/aromatic N) is 5. The number of hydrogen-bond acceptors (Lipinski definition) is 5. The summed E-state index contributed by atoms with van der Waals surface area (Å²) in [6, 6.07) is 8.49. The third-order valence-electron chi connectivity index (χ3n) is 4.32. The first-order valence-electron chi connectivity index (χ1n) is 8.06. The maximum absolute atomic E-state index is 4.51. The Kier molecular flexibility index (Phi) is 3.57. The Labute approximate surface area is 135 Å². The normalized spacial score (nSPS) is 15.1. The van der Waals surface area contributed by atoms with Gasteiger partial charge in [0.2, 0.25) is 5.95 Å². The molecule has 1 N–H and O–H groups in total. The highest BCUT2D eigenvalue weighted by molar-refractivity contribution is 5.75. The third kappa shape index (κ3) is 2.84. The van der Waals surface area contributed by atoms with Gasteiger partial charge in [-0.15, -0.1) is 0 Å². The predicted octanol–water partition coefficient (Wildman–Crippen LogP) is 3.10. The van der Waals surface area contributed by atoms with Crippen LogP contribution in [0.4, 0.5) is 17.3 Å². The average molecular weight is 308 g/mol. The summed E-state index contributed by atoms with van der Waals surface area (Å²) >= 11 is 0. The minimum absolute atomic E-state index is 0.590. The molecule has 1 aliphatic rings. The lowest BCUT2D eigenvalue weighted by atomic mass is 10.1. The number of anilines is 3. The molecule has 0 amide bonds. The molecule has 0 atom stereocenters. The lowest BCUT2D eigenvalue weighted by molar-refractivity contribution is 0.578. The Balaban J connectivity index is 1.52. The van der Waals surface area contributed by atoms with Crippen LogP contribution in [0.1, 0.15) is 19.3 Å². The molecule has 6 nitrogen and oxygen atoms in total. The molecule has 4 rings (SSSR count). The summed E-state index contributed by atoms with van der Waals surface area (Å²) < 4.78 is 1.75. The van der Waals surface area contributed by atoms with Crippen LogP contribution in [-0.4, -0.2) is 32.8 Å². The van der Waals surface area contributed by atoms with E-state index in [1.807, 2.05) is 7.05 Å². The summed E-state index contributed by atoms with van der Waals surface area (Å²) in [6.07, 6.45) is 7.49. The number of hydrogen-bond donors (Lipinski definition) is 1. The van der Waals surface area contributed by atoms with Crippen molar-refractivity contribution in [2.45, 2.75) is 19.3 Å². The molecular formula is C17H20N6. The Hall–Kier alpha value is -2.63. The van der Waals surface area contributed by atoms with Crippen molar-refractivity contribution in [2.75, 3.05) is 23.3 Å². The number of nitrogens with one attached hydrogen (secondary N) is 1. The van der Waals surface area contributed by atoms with E-state index in [9.17, 15) is 0 Å². The number of benzene rings is 1. The third-order valence-corrected chi connectivity index (χ3v) is 4.32. The lowest BCUT2D eigenvalue weighted by Gasteiger charge is -2.28. The van der Waals surface area contributed by atoms with E-state index in [0.717, 1.165) is 29.8 Å². The molecule has 23 heavy (non-hydrogen) atoms. The van der Waals surface area contributed by atoms with Gasteiger partial charge in [0.05, 0.1) is 11.6 Å². The van der Waals surface area contributed by atoms with Gasteiger partial charge in [-0.3, -0.25) is 4.68 Å². The quantitative estimate of drug-likeness (QED) is 0.805. The van der Waals surface area contributed by atoms with Crippen molar-refractivity contribution in [3.05, 3.63) is 36.7 Å². The summed E-state index contributed by atoms with van der Waals surface area (Å²) in [5.74, 6) is 0.590. The number of rotatable bonds is 3. The Morgan fingerprint density at radius 2 is 1.78 bits per heavy atom. The van der Waals surface area contributed by atoms with Crippen molar-refractivity contribution in [3.8, 4) is 0 Å². The predicted molar refractivity (Wildman–Crippen MR) is 92.1 cm³/mol. The van der Waals surface area contributed by atoms with Gasteiger partial charge in [-0.2, -0.15) is 10.1 Å². The highest BCUT2D eigenvalue weighted by Gasteiger charge is 2.10. The molecule has 6 heteroatoms. The van der Waals surface area contributed by atoms with Crippen molar-refractivity contribution in [3.63, 3.8) is 0 Å². The highest BCUT2D eigenvalue weighted by Crippen LogP contribution is 2.23. The van der Waals surface area contributed by atoms with Gasteiger partial charge in [-0.1, -0.05) is 0 Å². The molecule has 0 saturated carbocycles. The van der Waals surface area contributed by atoms with Gasteiger partial charge < -0.3 is 10.2 Å². The first-order chi connectivity index (χ1) is 11.3. The van der Waals surface area contributed by atoms with Crippen molar-refractivity contribution in [1.82, 2.24) is 19.7 Å². The van der Waals surface area contributed by atoms with Crippen molar-refractivity contribution >= 4 is 28.4 Å². The second kappa shape index (κ2) is 5.87. The van der Waals surface area contributed by atoms with Gasteiger partial charge in [0.1, 0.15) is 0 Å². The Morgan fingerprint density at radius 1 is 1.00 bits per heavy atom. The molecule has 1 fully saturated rings. The van der Waals surface area contributed by atoms with Crippen molar-refractivity contribution in [1.29, 1.82) is 0 Å². The summed E-state index contributed by atoms with van der Waals surface area (Å²) in [5.41, 5.74) is 3.11. The van der Waals surface area contributed by atoms with E-state index in [0.29, 0.717) is 5.95 Å². The lowest BCUT2D eigenvalue weighted by Crippen LogP contribution is -2.29. The van der Waals surface area contributed by atoms with E-state index >= 15 is 0 Å². The summed E-state index contributed by atoms with van der Waals surface area (Å²) in [5, 5.41) is 8.39. The minimum atomic E-state index is 0.590. The van der Waals surface area contributed by atoms with Crippen LogP contribution >= 0.6 is 0 Å². The number of piperidine rings is 1. The van der Waals surface area contributed by atoms with Crippen LogP contribution < -0.4 is 10.2 Å². The summed E-state index contributed by atoms with van der Waals surface area (Å²) in [7, 11) is 1.88. The van der Waals surface area contributed by atoms with Crippen molar-refractivity contribution < 1.29 is 0 Å². The van der Waals surface area contributed by atoms with E-state index < -0.39 is 0 Å². The van der Waals surface area contributed by atoms with E-state index in [1.165, 1.54) is 24.9 Å². The molecule has 0 unspecified atom stereocenters. The molecule has 0 radical (unpaired) electrons. The number of fused-ring (bicyclic) bond motifs is 1. The van der Waals surface area contributed by atoms with E-state index in [2.05, 4.69) is 49.5 Å². The van der Waals surface area contributed by atoms with Crippen LogP contribution in [0.2, 0.25) is 0 Å². The fraction of sp³-hybridized carbons (Fsp3) is 0.353. The van der Waals surface area contributed by atoms with Crippen LogP contribution in [-0.2, 0) is 7.05 Å². The molecule has 1 aliphatic heterocycles. The van der Waals surface area contributed by atoms with Gasteiger partial charge in [-0.25, -0.2) is 4.98 Å². The fourth-order valence-electron chi connectivity index (χ4n) is 3.03. The topological polar surface area (TPSA) is 58.9 Å². The SMILES string of the molecule is Cn1ncc2cnc(Nc3ccc(N4CCCCC4)cc3)nc21. The maximum Gasteiger partial charge on any atom is 0.229 e.